The number of hydrogen-bond donors (Lipinski definition) is 2. The Hall–Kier alpha value is -0.810. The van der Waals surface area contributed by atoms with Crippen LogP contribution in [0.4, 0.5) is 0 Å². The number of hydrogen-bond acceptors (Lipinski definition) is 4. The summed E-state index contributed by atoms with van der Waals surface area (Å²) in [5, 5.41) is 16.8. The summed E-state index contributed by atoms with van der Waals surface area (Å²) in [4.78, 5) is 4.34. The largest absolute Gasteiger partial charge is 0.506 e. The van der Waals surface area contributed by atoms with Gasteiger partial charge in [-0.3, -0.25) is 0 Å². The fourth-order valence-corrected chi connectivity index (χ4v) is 2.82. The van der Waals surface area contributed by atoms with E-state index in [0.29, 0.717) is 23.7 Å². The third-order valence-corrected chi connectivity index (χ3v) is 3.84. The number of nitrogens with one attached hydrogen (secondary N) is 1. The Kier molecular flexibility index (Phi) is 4.45. The van der Waals surface area contributed by atoms with Crippen LogP contribution in [-0.4, -0.2) is 10.1 Å². The Morgan fingerprint density at radius 3 is 2.78 bits per heavy atom. The predicted molar refractivity (Wildman–Crippen MR) is 75.5 cm³/mol. The van der Waals surface area contributed by atoms with Crippen LogP contribution in [0, 0.1) is 6.92 Å². The van der Waals surface area contributed by atoms with Crippen LogP contribution in [0.1, 0.15) is 16.3 Å². The lowest BCUT2D eigenvalue weighted by atomic mass is 10.2. The topological polar surface area (TPSA) is 45.1 Å². The molecule has 0 saturated carbocycles. The first-order chi connectivity index (χ1) is 8.56. The predicted octanol–water partition coefficient (Wildman–Crippen LogP) is 3.75. The lowest BCUT2D eigenvalue weighted by molar-refractivity contribution is 0.464. The van der Waals surface area contributed by atoms with E-state index in [-0.39, 0.29) is 10.8 Å². The number of rotatable bonds is 4. The van der Waals surface area contributed by atoms with Crippen molar-refractivity contribution in [3.8, 4) is 5.75 Å². The van der Waals surface area contributed by atoms with Crippen molar-refractivity contribution in [2.24, 2.45) is 0 Å². The van der Waals surface area contributed by atoms with Gasteiger partial charge >= 0.3 is 0 Å². The lowest BCUT2D eigenvalue weighted by Crippen LogP contribution is -2.12. The molecule has 0 radical (unpaired) electrons. The molecule has 2 N–H and O–H groups in total. The molecule has 0 amide bonds. The standard InChI is InChI=1S/C12H12Cl2N2OS/c1-7-6-18-11(16-7)5-15-4-8-2-9(13)3-10(14)12(8)17/h2-3,6,15,17H,4-5H2,1H3. The van der Waals surface area contributed by atoms with Crippen molar-refractivity contribution in [1.82, 2.24) is 10.3 Å². The van der Waals surface area contributed by atoms with Gasteiger partial charge < -0.3 is 10.4 Å². The van der Waals surface area contributed by atoms with Crippen molar-refractivity contribution < 1.29 is 5.11 Å². The Morgan fingerprint density at radius 2 is 2.11 bits per heavy atom. The quantitative estimate of drug-likeness (QED) is 0.904. The summed E-state index contributed by atoms with van der Waals surface area (Å²) in [6, 6.07) is 3.22. The third kappa shape index (κ3) is 3.36. The van der Waals surface area contributed by atoms with Gasteiger partial charge in [-0.2, -0.15) is 0 Å². The summed E-state index contributed by atoms with van der Waals surface area (Å²) in [7, 11) is 0. The lowest BCUT2D eigenvalue weighted by Gasteiger charge is -2.07. The molecular formula is C12H12Cl2N2OS. The van der Waals surface area contributed by atoms with Crippen LogP contribution in [0.2, 0.25) is 10.0 Å². The van der Waals surface area contributed by atoms with Crippen LogP contribution in [0.5, 0.6) is 5.75 Å². The SMILES string of the molecule is Cc1csc(CNCc2cc(Cl)cc(Cl)c2O)n1. The summed E-state index contributed by atoms with van der Waals surface area (Å²) in [6.07, 6.45) is 0. The first-order valence-electron chi connectivity index (χ1n) is 5.35. The van der Waals surface area contributed by atoms with Gasteiger partial charge in [0.2, 0.25) is 0 Å². The van der Waals surface area contributed by atoms with Crippen molar-refractivity contribution in [1.29, 1.82) is 0 Å². The molecule has 0 unspecified atom stereocenters. The van der Waals surface area contributed by atoms with E-state index in [4.69, 9.17) is 23.2 Å². The minimum absolute atomic E-state index is 0.0730. The molecule has 0 aliphatic carbocycles. The Balaban J connectivity index is 1.98. The van der Waals surface area contributed by atoms with E-state index in [1.807, 2.05) is 12.3 Å². The number of aromatic hydroxyl groups is 1. The zero-order chi connectivity index (χ0) is 13.1. The number of phenols is 1. The molecule has 0 fully saturated rings. The van der Waals surface area contributed by atoms with E-state index < -0.39 is 0 Å². The smallest absolute Gasteiger partial charge is 0.138 e. The molecule has 0 bridgehead atoms. The monoisotopic (exact) mass is 302 g/mol. The molecule has 0 saturated heterocycles. The normalized spacial score (nSPS) is 10.8. The van der Waals surface area contributed by atoms with Crippen LogP contribution < -0.4 is 5.32 Å². The second-order valence-corrected chi connectivity index (χ2v) is 5.67. The maximum absolute atomic E-state index is 9.78. The second kappa shape index (κ2) is 5.89. The molecule has 1 aromatic carbocycles. The van der Waals surface area contributed by atoms with Crippen molar-refractivity contribution in [2.75, 3.05) is 0 Å². The Labute approximate surface area is 119 Å². The molecule has 2 aromatic rings. The number of halogens is 2. The summed E-state index contributed by atoms with van der Waals surface area (Å²) in [5.74, 6) is 0.0730. The summed E-state index contributed by atoms with van der Waals surface area (Å²) < 4.78 is 0. The Morgan fingerprint density at radius 1 is 1.33 bits per heavy atom. The average molecular weight is 303 g/mol. The number of phenolic OH excluding ortho intramolecular Hbond substituents is 1. The van der Waals surface area contributed by atoms with Gasteiger partial charge in [0, 0.05) is 34.7 Å². The minimum atomic E-state index is 0.0730. The fourth-order valence-electron chi connectivity index (χ4n) is 1.54. The van der Waals surface area contributed by atoms with Crippen molar-refractivity contribution in [2.45, 2.75) is 20.0 Å². The van der Waals surface area contributed by atoms with Crippen LogP contribution in [0.3, 0.4) is 0 Å². The molecule has 0 aliphatic rings. The molecule has 0 aliphatic heterocycles. The van der Waals surface area contributed by atoms with Gasteiger partial charge in [0.05, 0.1) is 5.02 Å². The van der Waals surface area contributed by atoms with E-state index in [9.17, 15) is 5.11 Å². The first-order valence-corrected chi connectivity index (χ1v) is 6.98. The maximum Gasteiger partial charge on any atom is 0.138 e. The minimum Gasteiger partial charge on any atom is -0.506 e. The highest BCUT2D eigenvalue weighted by Crippen LogP contribution is 2.31. The van der Waals surface area contributed by atoms with E-state index in [1.165, 1.54) is 6.07 Å². The highest BCUT2D eigenvalue weighted by atomic mass is 35.5. The van der Waals surface area contributed by atoms with Crippen molar-refractivity contribution in [3.05, 3.63) is 43.8 Å². The Bertz CT molecular complexity index is 557. The summed E-state index contributed by atoms with van der Waals surface area (Å²) in [5.41, 5.74) is 1.70. The van der Waals surface area contributed by atoms with Crippen LogP contribution in [-0.2, 0) is 13.1 Å². The highest BCUT2D eigenvalue weighted by molar-refractivity contribution is 7.09. The van der Waals surface area contributed by atoms with Gasteiger partial charge in [0.25, 0.3) is 0 Å². The summed E-state index contributed by atoms with van der Waals surface area (Å²) in [6.45, 7) is 3.11. The highest BCUT2D eigenvalue weighted by Gasteiger charge is 2.08. The van der Waals surface area contributed by atoms with Crippen LogP contribution in [0.25, 0.3) is 0 Å². The molecule has 18 heavy (non-hydrogen) atoms. The number of thiazole rings is 1. The maximum atomic E-state index is 9.78. The molecular weight excluding hydrogens is 291 g/mol. The second-order valence-electron chi connectivity index (χ2n) is 3.88. The number of aromatic nitrogens is 1. The number of nitrogens with zero attached hydrogens (tertiary/aromatic N) is 1. The number of aryl methyl sites for hydroxylation is 1. The van der Waals surface area contributed by atoms with Crippen LogP contribution >= 0.6 is 34.5 Å². The van der Waals surface area contributed by atoms with Crippen molar-refractivity contribution >= 4 is 34.5 Å². The molecule has 3 nitrogen and oxygen atoms in total. The van der Waals surface area contributed by atoms with Crippen molar-refractivity contribution in [3.63, 3.8) is 0 Å². The molecule has 6 heteroatoms. The molecule has 0 spiro atoms. The molecule has 2 rings (SSSR count). The van der Waals surface area contributed by atoms with Crippen LogP contribution in [0.15, 0.2) is 17.5 Å². The third-order valence-electron chi connectivity index (χ3n) is 2.37. The zero-order valence-corrected chi connectivity index (χ0v) is 12.0. The van der Waals surface area contributed by atoms with E-state index in [1.54, 1.807) is 17.4 Å². The molecule has 1 heterocycles. The molecule has 96 valence electrons. The average Bonchev–Trinajstić information content (AvgIpc) is 2.71. The van der Waals surface area contributed by atoms with E-state index in [2.05, 4.69) is 10.3 Å². The van der Waals surface area contributed by atoms with Gasteiger partial charge in [-0.1, -0.05) is 23.2 Å². The van der Waals surface area contributed by atoms with Gasteiger partial charge in [0.1, 0.15) is 10.8 Å². The van der Waals surface area contributed by atoms with Gasteiger partial charge in [0.15, 0.2) is 0 Å². The van der Waals surface area contributed by atoms with E-state index in [0.717, 1.165) is 10.7 Å². The first kappa shape index (κ1) is 13.6. The van der Waals surface area contributed by atoms with E-state index >= 15 is 0 Å². The van der Waals surface area contributed by atoms with Gasteiger partial charge in [-0.05, 0) is 19.1 Å². The molecule has 1 aromatic heterocycles. The zero-order valence-electron chi connectivity index (χ0n) is 9.70. The fraction of sp³-hybridized carbons (Fsp3) is 0.250. The molecule has 0 atom stereocenters. The van der Waals surface area contributed by atoms with Gasteiger partial charge in [-0.25, -0.2) is 4.98 Å². The number of benzene rings is 1. The van der Waals surface area contributed by atoms with Gasteiger partial charge in [-0.15, -0.1) is 11.3 Å². The summed E-state index contributed by atoms with van der Waals surface area (Å²) >= 11 is 13.3.